The number of amides is 3. The topological polar surface area (TPSA) is 56.3 Å². The fourth-order valence-electron chi connectivity index (χ4n) is 4.26. The molecule has 4 rings (SSSR count). The number of carbonyl (C=O) groups is 2. The third-order valence-electron chi connectivity index (χ3n) is 5.76. The molecule has 0 spiro atoms. The van der Waals surface area contributed by atoms with Crippen molar-refractivity contribution >= 4 is 17.6 Å². The van der Waals surface area contributed by atoms with Crippen LogP contribution in [0.25, 0.3) is 0 Å². The van der Waals surface area contributed by atoms with Crippen molar-refractivity contribution in [3.05, 3.63) is 29.8 Å². The SMILES string of the molecule is C[C@@H]1Cc2ccccc2N1C(=O)CN1CCN(C(=O)N2CCOCC2)CC1. The van der Waals surface area contributed by atoms with Gasteiger partial charge in [0.1, 0.15) is 0 Å². The first-order chi connectivity index (χ1) is 13.1. The molecule has 3 aliphatic heterocycles. The normalized spacial score (nSPS) is 23.4. The molecular weight excluding hydrogens is 344 g/mol. The number of morpholine rings is 1. The van der Waals surface area contributed by atoms with Gasteiger partial charge in [-0.15, -0.1) is 0 Å². The molecule has 0 unspecified atom stereocenters. The fourth-order valence-corrected chi connectivity index (χ4v) is 4.26. The first-order valence-electron chi connectivity index (χ1n) is 9.87. The molecular formula is C20H28N4O3. The average molecular weight is 372 g/mol. The summed E-state index contributed by atoms with van der Waals surface area (Å²) in [6.07, 6.45) is 0.920. The van der Waals surface area contributed by atoms with Crippen molar-refractivity contribution in [3.8, 4) is 0 Å². The summed E-state index contributed by atoms with van der Waals surface area (Å²) in [5.74, 6) is 0.153. The molecule has 146 valence electrons. The maximum absolute atomic E-state index is 12.9. The van der Waals surface area contributed by atoms with E-state index < -0.39 is 0 Å². The number of carbonyl (C=O) groups excluding carboxylic acids is 2. The number of fused-ring (bicyclic) bond motifs is 1. The molecule has 1 atom stereocenters. The van der Waals surface area contributed by atoms with Gasteiger partial charge in [-0.2, -0.15) is 0 Å². The summed E-state index contributed by atoms with van der Waals surface area (Å²) in [4.78, 5) is 33.4. The molecule has 7 heteroatoms. The second kappa shape index (κ2) is 7.86. The summed E-state index contributed by atoms with van der Waals surface area (Å²) < 4.78 is 5.32. The molecule has 2 saturated heterocycles. The van der Waals surface area contributed by atoms with E-state index in [0.29, 0.717) is 45.9 Å². The van der Waals surface area contributed by atoms with Gasteiger partial charge in [-0.3, -0.25) is 9.69 Å². The van der Waals surface area contributed by atoms with Gasteiger partial charge < -0.3 is 19.4 Å². The number of hydrogen-bond acceptors (Lipinski definition) is 4. The zero-order chi connectivity index (χ0) is 18.8. The minimum atomic E-state index is 0.103. The Bertz CT molecular complexity index is 696. The predicted molar refractivity (Wildman–Crippen MR) is 103 cm³/mol. The molecule has 1 aromatic rings. The Kier molecular flexibility index (Phi) is 5.31. The Morgan fingerprint density at radius 1 is 1.00 bits per heavy atom. The number of anilines is 1. The van der Waals surface area contributed by atoms with E-state index in [4.69, 9.17) is 4.74 Å². The second-order valence-corrected chi connectivity index (χ2v) is 7.59. The first-order valence-corrected chi connectivity index (χ1v) is 9.87. The summed E-state index contributed by atoms with van der Waals surface area (Å²) in [6.45, 7) is 7.94. The molecule has 27 heavy (non-hydrogen) atoms. The Labute approximate surface area is 160 Å². The maximum atomic E-state index is 12.9. The van der Waals surface area contributed by atoms with Crippen molar-refractivity contribution in [2.24, 2.45) is 0 Å². The highest BCUT2D eigenvalue weighted by atomic mass is 16.5. The fraction of sp³-hybridized carbons (Fsp3) is 0.600. The molecule has 0 aromatic heterocycles. The molecule has 0 bridgehead atoms. The molecule has 3 heterocycles. The van der Waals surface area contributed by atoms with Gasteiger partial charge in [0.15, 0.2) is 0 Å². The van der Waals surface area contributed by atoms with Crippen molar-refractivity contribution in [2.75, 3.05) is 63.9 Å². The standard InChI is InChI=1S/C20H28N4O3/c1-16-14-17-4-2-3-5-18(17)24(16)19(25)15-21-6-8-22(9-7-21)20(26)23-10-12-27-13-11-23/h2-5,16H,6-15H2,1H3/t16-/m1/s1. The number of piperazine rings is 1. The third-order valence-corrected chi connectivity index (χ3v) is 5.76. The predicted octanol–water partition coefficient (Wildman–Crippen LogP) is 1.03. The largest absolute Gasteiger partial charge is 0.378 e. The number of para-hydroxylation sites is 1. The summed E-state index contributed by atoms with van der Waals surface area (Å²) in [6, 6.07) is 8.48. The van der Waals surface area contributed by atoms with Crippen molar-refractivity contribution in [1.82, 2.24) is 14.7 Å². The van der Waals surface area contributed by atoms with Gasteiger partial charge in [-0.05, 0) is 25.0 Å². The molecule has 0 N–H and O–H groups in total. The highest BCUT2D eigenvalue weighted by Crippen LogP contribution is 2.31. The number of nitrogens with zero attached hydrogens (tertiary/aromatic N) is 4. The minimum Gasteiger partial charge on any atom is -0.378 e. The number of benzene rings is 1. The molecule has 3 amide bonds. The van der Waals surface area contributed by atoms with Crippen LogP contribution in [0.5, 0.6) is 0 Å². The van der Waals surface area contributed by atoms with Gasteiger partial charge in [-0.1, -0.05) is 18.2 Å². The number of hydrogen-bond donors (Lipinski definition) is 0. The van der Waals surface area contributed by atoms with Crippen molar-refractivity contribution in [1.29, 1.82) is 0 Å². The van der Waals surface area contributed by atoms with E-state index >= 15 is 0 Å². The van der Waals surface area contributed by atoms with Gasteiger partial charge in [0.25, 0.3) is 0 Å². The van der Waals surface area contributed by atoms with Crippen LogP contribution in [0.4, 0.5) is 10.5 Å². The monoisotopic (exact) mass is 372 g/mol. The van der Waals surface area contributed by atoms with Gasteiger partial charge in [0.05, 0.1) is 19.8 Å². The van der Waals surface area contributed by atoms with Crippen LogP contribution in [0.15, 0.2) is 24.3 Å². The lowest BCUT2D eigenvalue weighted by Crippen LogP contribution is -2.56. The van der Waals surface area contributed by atoms with Gasteiger partial charge in [-0.25, -0.2) is 4.79 Å². The summed E-state index contributed by atoms with van der Waals surface area (Å²) in [7, 11) is 0. The highest BCUT2D eigenvalue weighted by molar-refractivity contribution is 5.97. The Morgan fingerprint density at radius 3 is 2.41 bits per heavy atom. The molecule has 2 fully saturated rings. The van der Waals surface area contributed by atoms with E-state index in [1.165, 1.54) is 5.56 Å². The highest BCUT2D eigenvalue weighted by Gasteiger charge is 2.32. The maximum Gasteiger partial charge on any atom is 0.320 e. The van der Waals surface area contributed by atoms with Crippen LogP contribution in [0, 0.1) is 0 Å². The van der Waals surface area contributed by atoms with E-state index in [-0.39, 0.29) is 18.0 Å². The number of rotatable bonds is 2. The summed E-state index contributed by atoms with van der Waals surface area (Å²) in [5.41, 5.74) is 2.30. The van der Waals surface area contributed by atoms with Gasteiger partial charge >= 0.3 is 6.03 Å². The Morgan fingerprint density at radius 2 is 1.67 bits per heavy atom. The van der Waals surface area contributed by atoms with E-state index in [9.17, 15) is 9.59 Å². The molecule has 0 radical (unpaired) electrons. The first kappa shape index (κ1) is 18.3. The smallest absolute Gasteiger partial charge is 0.320 e. The second-order valence-electron chi connectivity index (χ2n) is 7.59. The van der Waals surface area contributed by atoms with Crippen molar-refractivity contribution in [2.45, 2.75) is 19.4 Å². The van der Waals surface area contributed by atoms with Crippen LogP contribution >= 0.6 is 0 Å². The molecule has 0 saturated carbocycles. The molecule has 7 nitrogen and oxygen atoms in total. The Hall–Kier alpha value is -2.12. The van der Waals surface area contributed by atoms with Gasteiger partial charge in [0, 0.05) is 51.0 Å². The van der Waals surface area contributed by atoms with Crippen LogP contribution < -0.4 is 4.90 Å². The zero-order valence-corrected chi connectivity index (χ0v) is 16.0. The van der Waals surface area contributed by atoms with E-state index in [2.05, 4.69) is 17.9 Å². The van der Waals surface area contributed by atoms with Crippen LogP contribution in [-0.2, 0) is 16.0 Å². The van der Waals surface area contributed by atoms with Crippen molar-refractivity contribution in [3.63, 3.8) is 0 Å². The quantitative estimate of drug-likeness (QED) is 0.778. The minimum absolute atomic E-state index is 0.103. The number of urea groups is 1. The van der Waals surface area contributed by atoms with Gasteiger partial charge in [0.2, 0.25) is 5.91 Å². The van der Waals surface area contributed by atoms with Crippen LogP contribution in [-0.4, -0.2) is 91.7 Å². The summed E-state index contributed by atoms with van der Waals surface area (Å²) in [5, 5.41) is 0. The van der Waals surface area contributed by atoms with E-state index in [1.807, 2.05) is 32.9 Å². The molecule has 1 aromatic carbocycles. The average Bonchev–Trinajstić information content (AvgIpc) is 3.04. The van der Waals surface area contributed by atoms with Crippen LogP contribution in [0.3, 0.4) is 0 Å². The zero-order valence-electron chi connectivity index (χ0n) is 16.0. The number of ether oxygens (including phenoxy) is 1. The van der Waals surface area contributed by atoms with E-state index in [0.717, 1.165) is 25.2 Å². The van der Waals surface area contributed by atoms with Crippen LogP contribution in [0.1, 0.15) is 12.5 Å². The van der Waals surface area contributed by atoms with Crippen LogP contribution in [0.2, 0.25) is 0 Å². The lowest BCUT2D eigenvalue weighted by Gasteiger charge is -2.38. The molecule has 0 aliphatic carbocycles. The third kappa shape index (κ3) is 3.80. The lowest BCUT2D eigenvalue weighted by atomic mass is 10.1. The van der Waals surface area contributed by atoms with E-state index in [1.54, 1.807) is 0 Å². The molecule has 3 aliphatic rings. The lowest BCUT2D eigenvalue weighted by molar-refractivity contribution is -0.120. The summed E-state index contributed by atoms with van der Waals surface area (Å²) >= 11 is 0. The Balaban J connectivity index is 1.30. The van der Waals surface area contributed by atoms with Crippen molar-refractivity contribution < 1.29 is 14.3 Å².